The Hall–Kier alpha value is -7.86. The van der Waals surface area contributed by atoms with E-state index in [1.54, 1.807) is 0 Å². The van der Waals surface area contributed by atoms with Gasteiger partial charge in [-0.25, -0.2) is 0 Å². The van der Waals surface area contributed by atoms with Gasteiger partial charge in [-0.15, -0.1) is 0 Å². The lowest BCUT2D eigenvalue weighted by Gasteiger charge is -2.15. The van der Waals surface area contributed by atoms with Crippen molar-refractivity contribution in [3.05, 3.63) is 187 Å². The van der Waals surface area contributed by atoms with Crippen molar-refractivity contribution in [2.24, 2.45) is 0 Å². The number of para-hydroxylation sites is 5. The van der Waals surface area contributed by atoms with Gasteiger partial charge in [0.2, 0.25) is 0 Å². The lowest BCUT2D eigenvalue weighted by molar-refractivity contribution is 1.15. The van der Waals surface area contributed by atoms with Crippen LogP contribution in [0, 0.1) is 29.6 Å². The topological polar surface area (TPSA) is 62.4 Å². The first-order valence-corrected chi connectivity index (χ1v) is 18.7. The summed E-state index contributed by atoms with van der Waals surface area (Å²) < 4.78 is 6.77. The molecular formula is C51H31N5. The van der Waals surface area contributed by atoms with Crippen LogP contribution in [0.4, 0.5) is 0 Å². The van der Waals surface area contributed by atoms with Crippen LogP contribution >= 0.6 is 0 Å². The van der Waals surface area contributed by atoms with Gasteiger partial charge in [0, 0.05) is 38.0 Å². The van der Waals surface area contributed by atoms with E-state index in [0.717, 1.165) is 77.4 Å². The fraction of sp³-hybridized carbons (Fsp3) is 0.0196. The Morgan fingerprint density at radius 3 is 1.32 bits per heavy atom. The number of hydrogen-bond donors (Lipinski definition) is 0. The van der Waals surface area contributed by atoms with Gasteiger partial charge in [0.05, 0.1) is 55.6 Å². The Balaban J connectivity index is 1.10. The Bertz CT molecular complexity index is 3420. The fourth-order valence-electron chi connectivity index (χ4n) is 9.06. The highest BCUT2D eigenvalue weighted by atomic mass is 15.0. The van der Waals surface area contributed by atoms with E-state index in [-0.39, 0.29) is 0 Å². The van der Waals surface area contributed by atoms with Gasteiger partial charge in [-0.05, 0) is 90.3 Å². The first kappa shape index (κ1) is 31.6. The molecule has 3 heterocycles. The minimum atomic E-state index is 0.567. The van der Waals surface area contributed by atoms with Gasteiger partial charge in [0.15, 0.2) is 0 Å². The molecule has 11 rings (SSSR count). The monoisotopic (exact) mass is 713 g/mol. The van der Waals surface area contributed by atoms with E-state index in [0.29, 0.717) is 11.1 Å². The number of fused-ring (bicyclic) bond motifs is 9. The van der Waals surface area contributed by atoms with E-state index >= 15 is 0 Å². The molecule has 0 radical (unpaired) electrons. The highest BCUT2D eigenvalue weighted by Crippen LogP contribution is 2.42. The molecule has 0 aliphatic rings. The quantitative estimate of drug-likeness (QED) is 0.182. The molecule has 0 unspecified atom stereocenters. The Kier molecular flexibility index (Phi) is 6.83. The van der Waals surface area contributed by atoms with Crippen LogP contribution in [0.2, 0.25) is 0 Å². The van der Waals surface area contributed by atoms with Crippen molar-refractivity contribution < 1.29 is 0 Å². The molecule has 0 atom stereocenters. The molecule has 11 aromatic rings. The van der Waals surface area contributed by atoms with Gasteiger partial charge in [-0.1, -0.05) is 103 Å². The average Bonchev–Trinajstić information content (AvgIpc) is 3.89. The molecule has 0 fully saturated rings. The highest BCUT2D eigenvalue weighted by molar-refractivity contribution is 6.17. The van der Waals surface area contributed by atoms with Crippen molar-refractivity contribution in [1.82, 2.24) is 13.7 Å². The van der Waals surface area contributed by atoms with Crippen molar-refractivity contribution in [1.29, 1.82) is 10.5 Å². The zero-order valence-electron chi connectivity index (χ0n) is 30.4. The smallest absolute Gasteiger partial charge is 0.101 e. The predicted octanol–water partition coefficient (Wildman–Crippen LogP) is 12.7. The van der Waals surface area contributed by atoms with Gasteiger partial charge in [-0.2, -0.15) is 10.5 Å². The third kappa shape index (κ3) is 4.40. The Labute approximate surface area is 322 Å². The lowest BCUT2D eigenvalue weighted by Crippen LogP contribution is -2.01. The molecule has 5 nitrogen and oxygen atoms in total. The molecule has 260 valence electrons. The van der Waals surface area contributed by atoms with Crippen LogP contribution in [0.25, 0.3) is 93.6 Å². The van der Waals surface area contributed by atoms with Crippen molar-refractivity contribution in [3.8, 4) is 40.3 Å². The van der Waals surface area contributed by atoms with Crippen LogP contribution < -0.4 is 0 Å². The molecule has 56 heavy (non-hydrogen) atoms. The predicted molar refractivity (Wildman–Crippen MR) is 229 cm³/mol. The fourth-order valence-corrected chi connectivity index (χ4v) is 9.06. The molecule has 8 aromatic carbocycles. The van der Waals surface area contributed by atoms with Crippen molar-refractivity contribution in [3.63, 3.8) is 0 Å². The van der Waals surface area contributed by atoms with Gasteiger partial charge >= 0.3 is 0 Å². The van der Waals surface area contributed by atoms with Crippen LogP contribution in [0.5, 0.6) is 0 Å². The molecule has 0 aliphatic carbocycles. The number of rotatable bonds is 4. The molecule has 0 spiro atoms. The largest absolute Gasteiger partial charge is 0.309 e. The SMILES string of the molecule is Cc1cc(-c2ccc(-n3c4ccccc4c4c(-n5c6ccccc6c6ccccc65)c(C#N)ccc43)c(C#N)c2)ccc1-n1c2ccccc2c2ccccc21. The molecule has 0 saturated carbocycles. The number of aryl methyl sites for hydroxylation is 1. The maximum Gasteiger partial charge on any atom is 0.101 e. The van der Waals surface area contributed by atoms with Crippen LogP contribution in [-0.2, 0) is 0 Å². The summed E-state index contributed by atoms with van der Waals surface area (Å²) in [6, 6.07) is 63.9. The van der Waals surface area contributed by atoms with Crippen molar-refractivity contribution in [2.45, 2.75) is 6.92 Å². The summed E-state index contributed by atoms with van der Waals surface area (Å²) in [5.41, 5.74) is 13.4. The van der Waals surface area contributed by atoms with Crippen molar-refractivity contribution in [2.75, 3.05) is 0 Å². The molecule has 0 aliphatic heterocycles. The third-order valence-corrected chi connectivity index (χ3v) is 11.4. The maximum absolute atomic E-state index is 10.8. The molecule has 0 N–H and O–H groups in total. The number of nitriles is 2. The summed E-state index contributed by atoms with van der Waals surface area (Å²) in [7, 11) is 0. The maximum atomic E-state index is 10.8. The van der Waals surface area contributed by atoms with Gasteiger partial charge in [0.25, 0.3) is 0 Å². The summed E-state index contributed by atoms with van der Waals surface area (Å²) >= 11 is 0. The van der Waals surface area contributed by atoms with E-state index in [4.69, 9.17) is 0 Å². The average molecular weight is 714 g/mol. The normalized spacial score (nSPS) is 11.6. The molecule has 0 bridgehead atoms. The van der Waals surface area contributed by atoms with Gasteiger partial charge in [-0.3, -0.25) is 0 Å². The van der Waals surface area contributed by atoms with Gasteiger partial charge < -0.3 is 13.7 Å². The van der Waals surface area contributed by atoms with Crippen LogP contribution in [-0.4, -0.2) is 13.7 Å². The molecule has 3 aromatic heterocycles. The number of benzene rings is 8. The Morgan fingerprint density at radius 2 is 0.804 bits per heavy atom. The zero-order valence-corrected chi connectivity index (χ0v) is 30.4. The number of nitrogens with zero attached hydrogens (tertiary/aromatic N) is 5. The molecule has 5 heteroatoms. The molecule has 0 saturated heterocycles. The van der Waals surface area contributed by atoms with Crippen LogP contribution in [0.1, 0.15) is 16.7 Å². The summed E-state index contributed by atoms with van der Waals surface area (Å²) in [4.78, 5) is 0. The van der Waals surface area contributed by atoms with E-state index in [1.807, 2.05) is 42.5 Å². The zero-order chi connectivity index (χ0) is 37.5. The van der Waals surface area contributed by atoms with Gasteiger partial charge in [0.1, 0.15) is 12.1 Å². The van der Waals surface area contributed by atoms with E-state index in [9.17, 15) is 10.5 Å². The first-order chi connectivity index (χ1) is 27.6. The first-order valence-electron chi connectivity index (χ1n) is 18.7. The Morgan fingerprint density at radius 1 is 0.375 bits per heavy atom. The summed E-state index contributed by atoms with van der Waals surface area (Å²) in [6.07, 6.45) is 0. The summed E-state index contributed by atoms with van der Waals surface area (Å²) in [5.74, 6) is 0. The second-order valence-electron chi connectivity index (χ2n) is 14.4. The highest BCUT2D eigenvalue weighted by Gasteiger charge is 2.23. The molecule has 0 amide bonds. The third-order valence-electron chi connectivity index (χ3n) is 11.4. The number of aromatic nitrogens is 3. The van der Waals surface area contributed by atoms with E-state index in [1.165, 1.54) is 21.8 Å². The van der Waals surface area contributed by atoms with Crippen LogP contribution in [0.3, 0.4) is 0 Å². The summed E-state index contributed by atoms with van der Waals surface area (Å²) in [6.45, 7) is 2.16. The second-order valence-corrected chi connectivity index (χ2v) is 14.4. The lowest BCUT2D eigenvalue weighted by atomic mass is 9.99. The van der Waals surface area contributed by atoms with E-state index < -0.39 is 0 Å². The van der Waals surface area contributed by atoms with Crippen LogP contribution in [0.15, 0.2) is 170 Å². The minimum absolute atomic E-state index is 0.567. The van der Waals surface area contributed by atoms with Crippen molar-refractivity contribution >= 4 is 65.4 Å². The van der Waals surface area contributed by atoms with E-state index in [2.05, 4.69) is 160 Å². The number of hydrogen-bond acceptors (Lipinski definition) is 2. The summed E-state index contributed by atoms with van der Waals surface area (Å²) in [5, 5.41) is 28.1. The second kappa shape index (κ2) is 12.1. The standard InChI is InChI=1S/C51H31N5/c1-32-28-33(22-25-42(32)54-44-17-7-2-12-37(44)38-13-3-8-18-45(38)54)34-23-26-43(36(29-34)31-53)55-48-21-11-6-16-41(48)50-49(55)27-24-35(30-52)51(50)56-46-19-9-4-14-39(46)40-15-5-10-20-47(40)56/h2-29H,1H3. The minimum Gasteiger partial charge on any atom is -0.309 e. The molecular weight excluding hydrogens is 683 g/mol.